The van der Waals surface area contributed by atoms with Gasteiger partial charge < -0.3 is 9.47 Å². The summed E-state index contributed by atoms with van der Waals surface area (Å²) in [6.45, 7) is 1.67. The zero-order chi connectivity index (χ0) is 8.15. The Balaban J connectivity index is 3.93. The normalized spacial score (nSPS) is 16.0. The second-order valence-corrected chi connectivity index (χ2v) is 2.55. The maximum Gasteiger partial charge on any atom is 0.336 e. The van der Waals surface area contributed by atoms with Crippen molar-refractivity contribution in [3.8, 4) is 0 Å². The van der Waals surface area contributed by atoms with Gasteiger partial charge in [-0.15, -0.1) is 11.6 Å². The minimum absolute atomic E-state index is 0.363. The number of alkyl halides is 1. The predicted molar refractivity (Wildman–Crippen MR) is 38.1 cm³/mol. The number of ether oxygens (including phenoxy) is 2. The van der Waals surface area contributed by atoms with Crippen LogP contribution in [0.5, 0.6) is 0 Å². The molecule has 0 aliphatic rings. The summed E-state index contributed by atoms with van der Waals surface area (Å²) in [5.74, 6) is -0.440. The highest BCUT2D eigenvalue weighted by Gasteiger charge is 2.23. The van der Waals surface area contributed by atoms with Crippen LogP contribution >= 0.6 is 11.6 Å². The molecular weight excluding hydrogens is 156 g/mol. The minimum Gasteiger partial charge on any atom is -0.467 e. The summed E-state index contributed by atoms with van der Waals surface area (Å²) in [5, 5.41) is -0.363. The molecule has 4 heteroatoms. The number of halogens is 1. The van der Waals surface area contributed by atoms with Gasteiger partial charge in [-0.1, -0.05) is 0 Å². The topological polar surface area (TPSA) is 35.5 Å². The van der Waals surface area contributed by atoms with E-state index in [2.05, 4.69) is 4.74 Å². The van der Waals surface area contributed by atoms with Crippen molar-refractivity contribution in [1.82, 2.24) is 0 Å². The first-order valence-corrected chi connectivity index (χ1v) is 3.31. The zero-order valence-corrected chi connectivity index (χ0v) is 7.01. The van der Waals surface area contributed by atoms with Crippen LogP contribution in [0.4, 0.5) is 0 Å². The highest BCUT2D eigenvalue weighted by molar-refractivity contribution is 6.22. The molecule has 0 heterocycles. The van der Waals surface area contributed by atoms with Crippen LogP contribution in [0.3, 0.4) is 0 Å². The highest BCUT2D eigenvalue weighted by atomic mass is 35.5. The molecule has 0 aromatic rings. The molecule has 10 heavy (non-hydrogen) atoms. The summed E-state index contributed by atoms with van der Waals surface area (Å²) in [5.41, 5.74) is 0. The van der Waals surface area contributed by atoms with Crippen molar-refractivity contribution in [2.75, 3.05) is 14.2 Å². The molecule has 0 aliphatic heterocycles. The van der Waals surface area contributed by atoms with E-state index in [0.29, 0.717) is 0 Å². The van der Waals surface area contributed by atoms with E-state index in [1.54, 1.807) is 6.92 Å². The Morgan fingerprint density at radius 2 is 2.00 bits per heavy atom. The minimum atomic E-state index is -0.660. The third-order valence-electron chi connectivity index (χ3n) is 1.10. The monoisotopic (exact) mass is 166 g/mol. The molecule has 0 N–H and O–H groups in total. The lowest BCUT2D eigenvalue weighted by Crippen LogP contribution is -2.31. The molecule has 0 fully saturated rings. The van der Waals surface area contributed by atoms with Gasteiger partial charge >= 0.3 is 5.97 Å². The molecule has 3 nitrogen and oxygen atoms in total. The Morgan fingerprint density at radius 1 is 1.50 bits per heavy atom. The second kappa shape index (κ2) is 4.52. The molecule has 0 saturated heterocycles. The third-order valence-corrected chi connectivity index (χ3v) is 1.33. The van der Waals surface area contributed by atoms with Crippen molar-refractivity contribution in [2.24, 2.45) is 0 Å². The molecule has 0 amide bonds. The molecule has 0 saturated carbocycles. The van der Waals surface area contributed by atoms with Crippen molar-refractivity contribution < 1.29 is 14.3 Å². The van der Waals surface area contributed by atoms with E-state index in [1.165, 1.54) is 14.2 Å². The van der Waals surface area contributed by atoms with E-state index < -0.39 is 12.1 Å². The highest BCUT2D eigenvalue weighted by Crippen LogP contribution is 2.06. The van der Waals surface area contributed by atoms with Gasteiger partial charge in [0.2, 0.25) is 0 Å². The average molecular weight is 167 g/mol. The maximum atomic E-state index is 10.8. The van der Waals surface area contributed by atoms with Gasteiger partial charge in [0.15, 0.2) is 6.10 Å². The summed E-state index contributed by atoms with van der Waals surface area (Å²) in [4.78, 5) is 10.8. The van der Waals surface area contributed by atoms with Gasteiger partial charge in [-0.2, -0.15) is 0 Å². The summed E-state index contributed by atoms with van der Waals surface area (Å²) in [6, 6.07) is 0. The molecule has 0 radical (unpaired) electrons. The lowest BCUT2D eigenvalue weighted by Gasteiger charge is -2.13. The van der Waals surface area contributed by atoms with Crippen molar-refractivity contribution >= 4 is 17.6 Å². The summed E-state index contributed by atoms with van der Waals surface area (Å²) >= 11 is 5.59. The van der Waals surface area contributed by atoms with E-state index in [4.69, 9.17) is 16.3 Å². The molecule has 0 aromatic heterocycles. The number of carbonyl (C=O) groups is 1. The second-order valence-electron chi connectivity index (χ2n) is 1.86. The zero-order valence-electron chi connectivity index (χ0n) is 6.26. The third kappa shape index (κ3) is 2.54. The maximum absolute atomic E-state index is 10.8. The van der Waals surface area contributed by atoms with Gasteiger partial charge in [0.25, 0.3) is 0 Å². The Bertz CT molecular complexity index is 114. The van der Waals surface area contributed by atoms with Crippen LogP contribution in [-0.4, -0.2) is 31.7 Å². The van der Waals surface area contributed by atoms with E-state index >= 15 is 0 Å². The van der Waals surface area contributed by atoms with E-state index in [9.17, 15) is 4.79 Å². The van der Waals surface area contributed by atoms with Gasteiger partial charge in [-0.3, -0.25) is 0 Å². The summed E-state index contributed by atoms with van der Waals surface area (Å²) in [7, 11) is 2.72. The average Bonchev–Trinajstić information content (AvgIpc) is 1.88. The van der Waals surface area contributed by atoms with Gasteiger partial charge in [0, 0.05) is 7.11 Å². The Labute approximate surface area is 65.3 Å². The van der Waals surface area contributed by atoms with Crippen LogP contribution < -0.4 is 0 Å². The number of methoxy groups -OCH3 is 2. The molecule has 0 unspecified atom stereocenters. The summed E-state index contributed by atoms with van der Waals surface area (Å²) < 4.78 is 9.17. The molecule has 2 atom stereocenters. The smallest absolute Gasteiger partial charge is 0.336 e. The molecule has 0 aromatic carbocycles. The lowest BCUT2D eigenvalue weighted by atomic mass is 10.3. The van der Waals surface area contributed by atoms with Crippen molar-refractivity contribution in [1.29, 1.82) is 0 Å². The van der Waals surface area contributed by atoms with Crippen LogP contribution in [0.2, 0.25) is 0 Å². The van der Waals surface area contributed by atoms with Crippen LogP contribution in [0.15, 0.2) is 0 Å². The van der Waals surface area contributed by atoms with Crippen molar-refractivity contribution in [3.05, 3.63) is 0 Å². The van der Waals surface area contributed by atoms with Crippen LogP contribution in [0.1, 0.15) is 6.92 Å². The van der Waals surface area contributed by atoms with E-state index in [0.717, 1.165) is 0 Å². The molecule has 0 aliphatic carbocycles. The number of esters is 1. The molecule has 0 bridgehead atoms. The predicted octanol–water partition coefficient (Wildman–Crippen LogP) is 0.802. The van der Waals surface area contributed by atoms with Crippen molar-refractivity contribution in [2.45, 2.75) is 18.4 Å². The Morgan fingerprint density at radius 3 is 2.10 bits per heavy atom. The van der Waals surface area contributed by atoms with E-state index in [-0.39, 0.29) is 5.38 Å². The first-order chi connectivity index (χ1) is 4.63. The SMILES string of the molecule is COC(=O)[C@@H](OC)[C@@H](C)Cl. The fraction of sp³-hybridized carbons (Fsp3) is 0.833. The van der Waals surface area contributed by atoms with Gasteiger partial charge in [0.05, 0.1) is 12.5 Å². The lowest BCUT2D eigenvalue weighted by molar-refractivity contribution is -0.152. The van der Waals surface area contributed by atoms with Crippen LogP contribution in [0.25, 0.3) is 0 Å². The van der Waals surface area contributed by atoms with Gasteiger partial charge in [0.1, 0.15) is 0 Å². The fourth-order valence-electron chi connectivity index (χ4n) is 0.587. The Hall–Kier alpha value is -0.280. The van der Waals surface area contributed by atoms with Crippen molar-refractivity contribution in [3.63, 3.8) is 0 Å². The number of hydrogen-bond donors (Lipinski definition) is 0. The Kier molecular flexibility index (Phi) is 4.40. The number of carbonyl (C=O) groups excluding carboxylic acids is 1. The standard InChI is InChI=1S/C6H11ClO3/c1-4(7)5(9-2)6(8)10-3/h4-5H,1-3H3/t4-,5+/m1/s1. The molecule has 0 rings (SSSR count). The number of rotatable bonds is 3. The first kappa shape index (κ1) is 9.72. The molecule has 60 valence electrons. The van der Waals surface area contributed by atoms with Gasteiger partial charge in [-0.25, -0.2) is 4.79 Å². The largest absolute Gasteiger partial charge is 0.467 e. The summed E-state index contributed by atoms with van der Waals surface area (Å²) in [6.07, 6.45) is -0.660. The van der Waals surface area contributed by atoms with E-state index in [1.807, 2.05) is 0 Å². The van der Waals surface area contributed by atoms with Crippen LogP contribution in [0, 0.1) is 0 Å². The molecular formula is C6H11ClO3. The van der Waals surface area contributed by atoms with Gasteiger partial charge in [-0.05, 0) is 6.92 Å². The molecule has 0 spiro atoms. The first-order valence-electron chi connectivity index (χ1n) is 2.88. The quantitative estimate of drug-likeness (QED) is 0.460. The van der Waals surface area contributed by atoms with Crippen LogP contribution in [-0.2, 0) is 14.3 Å². The number of hydrogen-bond acceptors (Lipinski definition) is 3. The fourth-order valence-corrected chi connectivity index (χ4v) is 0.793.